The lowest BCUT2D eigenvalue weighted by molar-refractivity contribution is -0.681. The Morgan fingerprint density at radius 1 is 1.20 bits per heavy atom. The molecule has 0 aliphatic carbocycles. The van der Waals surface area contributed by atoms with Crippen molar-refractivity contribution in [2.45, 2.75) is 0 Å². The van der Waals surface area contributed by atoms with Gasteiger partial charge in [-0.25, -0.2) is 0 Å². The number of non-ortho nitro benzene ring substituents is 1. The van der Waals surface area contributed by atoms with Crippen LogP contribution in [0.1, 0.15) is 0 Å². The van der Waals surface area contributed by atoms with Gasteiger partial charge < -0.3 is 17.3 Å². The van der Waals surface area contributed by atoms with Crippen LogP contribution in [0.2, 0.25) is 0 Å². The molecule has 0 aliphatic heterocycles. The number of nitro benzene ring substituents is 1. The van der Waals surface area contributed by atoms with Gasteiger partial charge in [0, 0.05) is 28.1 Å². The molecule has 0 saturated heterocycles. The maximum atomic E-state index is 10.8. The Morgan fingerprint density at radius 3 is 2.25 bits per heavy atom. The molecule has 20 heavy (non-hydrogen) atoms. The highest BCUT2D eigenvalue weighted by Crippen LogP contribution is 2.27. The Balaban J connectivity index is 0.000000347. The van der Waals surface area contributed by atoms with E-state index >= 15 is 0 Å². The summed E-state index contributed by atoms with van der Waals surface area (Å²) >= 11 is 3.40. The van der Waals surface area contributed by atoms with E-state index in [9.17, 15) is 27.4 Å². The fourth-order valence-electron chi connectivity index (χ4n) is 1.51. The van der Waals surface area contributed by atoms with Crippen LogP contribution in [-0.4, -0.2) is 12.2 Å². The highest BCUT2D eigenvalue weighted by Gasteiger charge is 2.20. The SMILES string of the molecule is C[n+]1ccc2c([N+](=O)[O-])cccc2c1Br.F[B-](F)(F)F. The van der Waals surface area contributed by atoms with Gasteiger partial charge in [0.1, 0.15) is 7.05 Å². The van der Waals surface area contributed by atoms with Crippen molar-refractivity contribution in [3.05, 3.63) is 45.2 Å². The van der Waals surface area contributed by atoms with Crippen molar-refractivity contribution in [2.75, 3.05) is 0 Å². The van der Waals surface area contributed by atoms with Crippen LogP contribution in [0.4, 0.5) is 23.0 Å². The molecular weight excluding hydrogens is 347 g/mol. The molecule has 0 radical (unpaired) electrons. The molecule has 0 amide bonds. The molecule has 0 N–H and O–H groups in total. The number of aryl methyl sites for hydroxylation is 1. The molecule has 2 rings (SSSR count). The molecule has 0 unspecified atom stereocenters. The summed E-state index contributed by atoms with van der Waals surface area (Å²) in [5.74, 6) is 0. The summed E-state index contributed by atoms with van der Waals surface area (Å²) in [6, 6.07) is 6.80. The van der Waals surface area contributed by atoms with Crippen molar-refractivity contribution in [3.8, 4) is 0 Å². The second-order valence-corrected chi connectivity index (χ2v) is 4.46. The molecule has 0 bridgehead atoms. The predicted octanol–water partition coefficient (Wildman–Crippen LogP) is 3.64. The van der Waals surface area contributed by atoms with Crippen molar-refractivity contribution >= 4 is 39.6 Å². The number of pyridine rings is 1. The molecule has 1 heterocycles. The number of nitrogens with zero attached hydrogens (tertiary/aromatic N) is 2. The average molecular weight is 355 g/mol. The van der Waals surface area contributed by atoms with Crippen LogP contribution in [0.15, 0.2) is 35.1 Å². The number of hydrogen-bond acceptors (Lipinski definition) is 2. The summed E-state index contributed by atoms with van der Waals surface area (Å²) in [4.78, 5) is 10.4. The van der Waals surface area contributed by atoms with Crippen LogP contribution in [-0.2, 0) is 7.05 Å². The standard InChI is InChI=1S/C10H8BrN2O2.BF4/c1-12-6-5-7-8(10(12)11)3-2-4-9(7)13(14)15;2-1(3,4)5/h2-6H,1H3;/q+1;-1. The van der Waals surface area contributed by atoms with Crippen LogP contribution in [0.25, 0.3) is 10.8 Å². The first-order valence-electron chi connectivity index (χ1n) is 5.20. The maximum absolute atomic E-state index is 10.8. The number of rotatable bonds is 1. The molecule has 0 spiro atoms. The largest absolute Gasteiger partial charge is 0.673 e. The Labute approximate surface area is 119 Å². The average Bonchev–Trinajstić information content (AvgIpc) is 2.31. The maximum Gasteiger partial charge on any atom is 0.673 e. The molecule has 0 fully saturated rings. The summed E-state index contributed by atoms with van der Waals surface area (Å²) in [5.41, 5.74) is 0.133. The van der Waals surface area contributed by atoms with Gasteiger partial charge in [0.05, 0.1) is 15.7 Å². The van der Waals surface area contributed by atoms with E-state index in [2.05, 4.69) is 15.9 Å². The highest BCUT2D eigenvalue weighted by molar-refractivity contribution is 9.10. The van der Waals surface area contributed by atoms with Crippen LogP contribution in [0.5, 0.6) is 0 Å². The normalized spacial score (nSPS) is 10.9. The Morgan fingerprint density at radius 2 is 1.75 bits per heavy atom. The number of hydrogen-bond donors (Lipinski definition) is 0. The lowest BCUT2D eigenvalue weighted by Gasteiger charge is -1.99. The molecule has 0 aliphatic rings. The summed E-state index contributed by atoms with van der Waals surface area (Å²) in [6.45, 7) is 0. The van der Waals surface area contributed by atoms with Gasteiger partial charge in [0.15, 0.2) is 6.20 Å². The molecule has 1 aromatic heterocycles. The highest BCUT2D eigenvalue weighted by atomic mass is 79.9. The smallest absolute Gasteiger partial charge is 0.418 e. The van der Waals surface area contributed by atoms with E-state index in [4.69, 9.17) is 0 Å². The van der Waals surface area contributed by atoms with Crippen molar-refractivity contribution in [1.82, 2.24) is 0 Å². The summed E-state index contributed by atoms with van der Waals surface area (Å²) < 4.78 is 41.7. The van der Waals surface area contributed by atoms with Crippen molar-refractivity contribution in [2.24, 2.45) is 7.05 Å². The van der Waals surface area contributed by atoms with E-state index in [0.29, 0.717) is 5.39 Å². The van der Waals surface area contributed by atoms with Crippen molar-refractivity contribution in [3.63, 3.8) is 0 Å². The van der Waals surface area contributed by atoms with Gasteiger partial charge in [0.25, 0.3) is 10.3 Å². The molecule has 108 valence electrons. The van der Waals surface area contributed by atoms with E-state index in [1.54, 1.807) is 18.3 Å². The van der Waals surface area contributed by atoms with E-state index in [1.807, 2.05) is 17.7 Å². The van der Waals surface area contributed by atoms with E-state index in [-0.39, 0.29) is 10.6 Å². The van der Waals surface area contributed by atoms with Gasteiger partial charge in [-0.05, 0) is 6.07 Å². The Hall–Kier alpha value is -1.71. The minimum absolute atomic E-state index is 0.133. The van der Waals surface area contributed by atoms with Gasteiger partial charge in [-0.2, -0.15) is 4.57 Å². The molecule has 2 aromatic rings. The minimum atomic E-state index is -6.00. The molecular formula is C10H8BBrF4N2O2. The third-order valence-electron chi connectivity index (χ3n) is 2.28. The second-order valence-electron chi connectivity index (χ2n) is 3.71. The Bertz CT molecular complexity index is 645. The van der Waals surface area contributed by atoms with Gasteiger partial charge in [-0.15, -0.1) is 0 Å². The van der Waals surface area contributed by atoms with Gasteiger partial charge >= 0.3 is 7.25 Å². The van der Waals surface area contributed by atoms with E-state index in [1.165, 1.54) is 6.07 Å². The topological polar surface area (TPSA) is 47.0 Å². The molecule has 1 aromatic carbocycles. The predicted molar refractivity (Wildman–Crippen MR) is 69.7 cm³/mol. The van der Waals surface area contributed by atoms with E-state index in [0.717, 1.165) is 9.99 Å². The van der Waals surface area contributed by atoms with Crippen LogP contribution in [0, 0.1) is 10.1 Å². The van der Waals surface area contributed by atoms with Crippen LogP contribution >= 0.6 is 15.9 Å². The molecule has 0 atom stereocenters. The van der Waals surface area contributed by atoms with Gasteiger partial charge in [-0.1, -0.05) is 6.07 Å². The number of benzene rings is 1. The lowest BCUT2D eigenvalue weighted by Crippen LogP contribution is -2.28. The van der Waals surface area contributed by atoms with Crippen molar-refractivity contribution in [1.29, 1.82) is 0 Å². The summed E-state index contributed by atoms with van der Waals surface area (Å²) in [5, 5.41) is 12.3. The first-order chi connectivity index (χ1) is 9.11. The molecule has 0 saturated carbocycles. The van der Waals surface area contributed by atoms with E-state index < -0.39 is 7.25 Å². The quantitative estimate of drug-likeness (QED) is 0.196. The van der Waals surface area contributed by atoms with Crippen LogP contribution < -0.4 is 4.57 Å². The second kappa shape index (κ2) is 6.16. The van der Waals surface area contributed by atoms with Gasteiger partial charge in [-0.3, -0.25) is 10.1 Å². The number of fused-ring (bicyclic) bond motifs is 1. The number of aromatic nitrogens is 1. The molecule has 4 nitrogen and oxygen atoms in total. The van der Waals surface area contributed by atoms with Crippen LogP contribution in [0.3, 0.4) is 0 Å². The Kier molecular flexibility index (Phi) is 5.04. The lowest BCUT2D eigenvalue weighted by atomic mass is 10.1. The fourth-order valence-corrected chi connectivity index (χ4v) is 1.97. The zero-order valence-electron chi connectivity index (χ0n) is 10.1. The third kappa shape index (κ3) is 4.44. The van der Waals surface area contributed by atoms with Crippen molar-refractivity contribution < 1.29 is 26.8 Å². The fraction of sp³-hybridized carbons (Fsp3) is 0.100. The zero-order chi connectivity index (χ0) is 15.5. The monoisotopic (exact) mass is 354 g/mol. The van der Waals surface area contributed by atoms with Gasteiger partial charge in [0.2, 0.25) is 0 Å². The third-order valence-corrected chi connectivity index (χ3v) is 3.26. The summed E-state index contributed by atoms with van der Waals surface area (Å²) in [7, 11) is -4.12. The molecule has 10 heteroatoms. The first kappa shape index (κ1) is 16.3. The number of nitro groups is 1. The number of halogens is 5. The zero-order valence-corrected chi connectivity index (χ0v) is 11.7. The first-order valence-corrected chi connectivity index (χ1v) is 5.99. The minimum Gasteiger partial charge on any atom is -0.418 e. The summed E-state index contributed by atoms with van der Waals surface area (Å²) in [6.07, 6.45) is 1.79.